The molecule has 0 amide bonds. The SMILES string of the molecule is CCC1CCC(NS(=O)(=O)c2cc(CN)ccc2F)CC1. The van der Waals surface area contributed by atoms with Crippen molar-refractivity contribution < 1.29 is 12.8 Å². The number of nitrogens with two attached hydrogens (primary N) is 1. The van der Waals surface area contributed by atoms with Gasteiger partial charge < -0.3 is 5.73 Å². The van der Waals surface area contributed by atoms with Crippen LogP contribution in [0.4, 0.5) is 4.39 Å². The molecule has 6 heteroatoms. The lowest BCUT2D eigenvalue weighted by atomic mass is 9.85. The molecule has 0 aromatic heterocycles. The molecule has 1 aliphatic carbocycles. The summed E-state index contributed by atoms with van der Waals surface area (Å²) in [5.41, 5.74) is 6.09. The van der Waals surface area contributed by atoms with E-state index in [1.165, 1.54) is 12.1 Å². The van der Waals surface area contributed by atoms with E-state index in [2.05, 4.69) is 11.6 Å². The van der Waals surface area contributed by atoms with Crippen molar-refractivity contribution in [2.24, 2.45) is 11.7 Å². The van der Waals surface area contributed by atoms with Crippen molar-refractivity contribution in [1.82, 2.24) is 4.72 Å². The van der Waals surface area contributed by atoms with Gasteiger partial charge in [-0.3, -0.25) is 0 Å². The molecule has 1 aromatic carbocycles. The van der Waals surface area contributed by atoms with Crippen LogP contribution < -0.4 is 10.5 Å². The zero-order valence-corrected chi connectivity index (χ0v) is 13.1. The van der Waals surface area contributed by atoms with E-state index in [9.17, 15) is 12.8 Å². The maximum Gasteiger partial charge on any atom is 0.243 e. The molecule has 1 aliphatic rings. The van der Waals surface area contributed by atoms with Gasteiger partial charge >= 0.3 is 0 Å². The van der Waals surface area contributed by atoms with Crippen LogP contribution in [0.15, 0.2) is 23.1 Å². The number of hydrogen-bond acceptors (Lipinski definition) is 3. The Hall–Kier alpha value is -0.980. The number of sulfonamides is 1. The minimum atomic E-state index is -3.83. The molecule has 0 atom stereocenters. The lowest BCUT2D eigenvalue weighted by molar-refractivity contribution is 0.306. The zero-order valence-electron chi connectivity index (χ0n) is 12.3. The normalized spacial score (nSPS) is 23.2. The number of hydrogen-bond donors (Lipinski definition) is 2. The van der Waals surface area contributed by atoms with Gasteiger partial charge in [-0.05, 0) is 49.3 Å². The Bertz CT molecular complexity index is 581. The Balaban J connectivity index is 2.12. The first-order valence-electron chi connectivity index (χ1n) is 7.47. The molecule has 1 saturated carbocycles. The molecule has 4 nitrogen and oxygen atoms in total. The predicted molar refractivity (Wildman–Crippen MR) is 80.6 cm³/mol. The fourth-order valence-electron chi connectivity index (χ4n) is 2.85. The third-order valence-corrected chi connectivity index (χ3v) is 5.80. The molecule has 0 spiro atoms. The Labute approximate surface area is 126 Å². The summed E-state index contributed by atoms with van der Waals surface area (Å²) in [6, 6.07) is 3.87. The molecule has 118 valence electrons. The quantitative estimate of drug-likeness (QED) is 0.877. The highest BCUT2D eigenvalue weighted by Crippen LogP contribution is 2.27. The van der Waals surface area contributed by atoms with Gasteiger partial charge in [-0.1, -0.05) is 19.4 Å². The predicted octanol–water partition coefficient (Wildman–Crippen LogP) is 2.53. The molecule has 0 radical (unpaired) electrons. The van der Waals surface area contributed by atoms with Gasteiger partial charge in [0, 0.05) is 12.6 Å². The summed E-state index contributed by atoms with van der Waals surface area (Å²) in [6.07, 6.45) is 4.81. The lowest BCUT2D eigenvalue weighted by Crippen LogP contribution is -2.38. The van der Waals surface area contributed by atoms with Crippen LogP contribution in [-0.2, 0) is 16.6 Å². The van der Waals surface area contributed by atoms with Gasteiger partial charge in [0.1, 0.15) is 10.7 Å². The molecule has 0 heterocycles. The van der Waals surface area contributed by atoms with E-state index in [0.717, 1.165) is 38.2 Å². The maximum absolute atomic E-state index is 13.8. The molecule has 0 bridgehead atoms. The highest BCUT2D eigenvalue weighted by Gasteiger charge is 2.26. The number of benzene rings is 1. The number of nitrogens with one attached hydrogen (secondary N) is 1. The van der Waals surface area contributed by atoms with Crippen LogP contribution in [0.1, 0.15) is 44.6 Å². The van der Waals surface area contributed by atoms with Crippen LogP contribution in [0.5, 0.6) is 0 Å². The third-order valence-electron chi connectivity index (χ3n) is 4.27. The molecule has 3 N–H and O–H groups in total. The average molecular weight is 314 g/mol. The summed E-state index contributed by atoms with van der Waals surface area (Å²) in [5, 5.41) is 0. The van der Waals surface area contributed by atoms with Gasteiger partial charge in [0.25, 0.3) is 0 Å². The Kier molecular flexibility index (Phi) is 5.35. The average Bonchev–Trinajstić information content (AvgIpc) is 2.48. The van der Waals surface area contributed by atoms with E-state index in [0.29, 0.717) is 11.5 Å². The van der Waals surface area contributed by atoms with Crippen LogP contribution in [0.25, 0.3) is 0 Å². The summed E-state index contributed by atoms with van der Waals surface area (Å²) in [4.78, 5) is -0.303. The summed E-state index contributed by atoms with van der Waals surface area (Å²) < 4.78 is 41.1. The van der Waals surface area contributed by atoms with E-state index in [1.54, 1.807) is 0 Å². The first-order chi connectivity index (χ1) is 9.96. The van der Waals surface area contributed by atoms with Crippen molar-refractivity contribution in [2.45, 2.75) is 56.5 Å². The summed E-state index contributed by atoms with van der Waals surface area (Å²) in [6.45, 7) is 2.34. The molecular formula is C15H23FN2O2S. The number of rotatable bonds is 5. The highest BCUT2D eigenvalue weighted by molar-refractivity contribution is 7.89. The fourth-order valence-corrected chi connectivity index (χ4v) is 4.28. The second-order valence-corrected chi connectivity index (χ2v) is 7.40. The molecular weight excluding hydrogens is 291 g/mol. The van der Waals surface area contributed by atoms with Gasteiger partial charge in [-0.25, -0.2) is 17.5 Å². The van der Waals surface area contributed by atoms with Gasteiger partial charge in [0.05, 0.1) is 0 Å². The molecule has 21 heavy (non-hydrogen) atoms. The minimum absolute atomic E-state index is 0.0984. The first-order valence-corrected chi connectivity index (χ1v) is 8.95. The van der Waals surface area contributed by atoms with Crippen molar-refractivity contribution >= 4 is 10.0 Å². The van der Waals surface area contributed by atoms with E-state index in [-0.39, 0.29) is 17.5 Å². The van der Waals surface area contributed by atoms with Gasteiger partial charge in [0.2, 0.25) is 10.0 Å². The van der Waals surface area contributed by atoms with Crippen molar-refractivity contribution in [1.29, 1.82) is 0 Å². The van der Waals surface area contributed by atoms with Crippen LogP contribution in [0, 0.1) is 11.7 Å². The van der Waals surface area contributed by atoms with Crippen molar-refractivity contribution in [3.05, 3.63) is 29.6 Å². The van der Waals surface area contributed by atoms with Gasteiger partial charge in [-0.2, -0.15) is 0 Å². The van der Waals surface area contributed by atoms with E-state index in [4.69, 9.17) is 5.73 Å². The van der Waals surface area contributed by atoms with E-state index < -0.39 is 15.8 Å². The van der Waals surface area contributed by atoms with Gasteiger partial charge in [0.15, 0.2) is 0 Å². The first kappa shape index (κ1) is 16.4. The van der Waals surface area contributed by atoms with E-state index in [1.807, 2.05) is 0 Å². The van der Waals surface area contributed by atoms with Crippen molar-refractivity contribution in [2.75, 3.05) is 0 Å². The Morgan fingerprint density at radius 1 is 1.29 bits per heavy atom. The summed E-state index contributed by atoms with van der Waals surface area (Å²) in [7, 11) is -3.83. The molecule has 1 fully saturated rings. The van der Waals surface area contributed by atoms with Gasteiger partial charge in [-0.15, -0.1) is 0 Å². The largest absolute Gasteiger partial charge is 0.326 e. The molecule has 0 aliphatic heterocycles. The van der Waals surface area contributed by atoms with Crippen LogP contribution >= 0.6 is 0 Å². The Morgan fingerprint density at radius 2 is 1.95 bits per heavy atom. The minimum Gasteiger partial charge on any atom is -0.326 e. The van der Waals surface area contributed by atoms with Crippen molar-refractivity contribution in [3.63, 3.8) is 0 Å². The molecule has 2 rings (SSSR count). The topological polar surface area (TPSA) is 72.2 Å². The van der Waals surface area contributed by atoms with E-state index >= 15 is 0 Å². The summed E-state index contributed by atoms with van der Waals surface area (Å²) in [5.74, 6) is -0.0509. The van der Waals surface area contributed by atoms with Crippen LogP contribution in [-0.4, -0.2) is 14.5 Å². The smallest absolute Gasteiger partial charge is 0.243 e. The lowest BCUT2D eigenvalue weighted by Gasteiger charge is -2.28. The fraction of sp³-hybridized carbons (Fsp3) is 0.600. The molecule has 0 saturated heterocycles. The van der Waals surface area contributed by atoms with Crippen LogP contribution in [0.2, 0.25) is 0 Å². The molecule has 0 unspecified atom stereocenters. The number of halogens is 1. The third kappa shape index (κ3) is 4.02. The maximum atomic E-state index is 13.8. The standard InChI is InChI=1S/C15H23FN2O2S/c1-2-11-3-6-13(7-4-11)18-21(19,20)15-9-12(10-17)5-8-14(15)16/h5,8-9,11,13,18H,2-4,6-7,10,17H2,1H3. The second-order valence-electron chi connectivity index (χ2n) is 5.72. The summed E-state index contributed by atoms with van der Waals surface area (Å²) >= 11 is 0. The monoisotopic (exact) mass is 314 g/mol. The highest BCUT2D eigenvalue weighted by atomic mass is 32.2. The molecule has 1 aromatic rings. The Morgan fingerprint density at radius 3 is 2.52 bits per heavy atom. The second kappa shape index (κ2) is 6.85. The van der Waals surface area contributed by atoms with Crippen molar-refractivity contribution in [3.8, 4) is 0 Å². The zero-order chi connectivity index (χ0) is 15.5. The van der Waals surface area contributed by atoms with Crippen LogP contribution in [0.3, 0.4) is 0 Å².